The molecule has 0 aromatic carbocycles. The van der Waals surface area contributed by atoms with Crippen molar-refractivity contribution in [1.29, 1.82) is 0 Å². The van der Waals surface area contributed by atoms with E-state index in [4.69, 9.17) is 5.11 Å². The fraction of sp³-hybridized carbons (Fsp3) is 0.500. The standard InChI is InChI=1S/C6H9IO2/c1-3-4(2)5(7)6(8)9/h3H2,1-2H3,(H,8,9)/b5-4-. The summed E-state index contributed by atoms with van der Waals surface area (Å²) >= 11 is 1.84. The molecule has 9 heavy (non-hydrogen) atoms. The summed E-state index contributed by atoms with van der Waals surface area (Å²) in [6.07, 6.45) is 0.810. The second-order valence-electron chi connectivity index (χ2n) is 1.75. The molecule has 0 spiro atoms. The van der Waals surface area contributed by atoms with Crippen LogP contribution in [0.15, 0.2) is 9.15 Å². The van der Waals surface area contributed by atoms with Crippen molar-refractivity contribution in [1.82, 2.24) is 0 Å². The van der Waals surface area contributed by atoms with Gasteiger partial charge >= 0.3 is 5.97 Å². The van der Waals surface area contributed by atoms with Crippen molar-refractivity contribution in [3.8, 4) is 0 Å². The summed E-state index contributed by atoms with van der Waals surface area (Å²) < 4.78 is 0.440. The maximum absolute atomic E-state index is 10.2. The smallest absolute Gasteiger partial charge is 0.341 e. The Morgan fingerprint density at radius 1 is 1.67 bits per heavy atom. The van der Waals surface area contributed by atoms with Crippen LogP contribution in [-0.4, -0.2) is 11.1 Å². The predicted molar refractivity (Wildman–Crippen MR) is 44.6 cm³/mol. The van der Waals surface area contributed by atoms with Gasteiger partial charge < -0.3 is 5.11 Å². The normalized spacial score (nSPS) is 12.8. The third-order valence-corrected chi connectivity index (χ3v) is 2.47. The van der Waals surface area contributed by atoms with Gasteiger partial charge in [0.1, 0.15) is 0 Å². The van der Waals surface area contributed by atoms with Gasteiger partial charge in [-0.3, -0.25) is 0 Å². The van der Waals surface area contributed by atoms with Crippen LogP contribution in [0.4, 0.5) is 0 Å². The van der Waals surface area contributed by atoms with Gasteiger partial charge in [0, 0.05) is 0 Å². The fourth-order valence-electron chi connectivity index (χ4n) is 0.338. The SMILES string of the molecule is CC/C(C)=C(\I)C(=O)O. The fourth-order valence-corrected chi connectivity index (χ4v) is 0.719. The molecule has 0 aliphatic rings. The summed E-state index contributed by atoms with van der Waals surface area (Å²) in [7, 11) is 0. The molecule has 0 unspecified atom stereocenters. The Bertz CT molecular complexity index is 149. The van der Waals surface area contributed by atoms with E-state index in [1.807, 2.05) is 36.4 Å². The van der Waals surface area contributed by atoms with E-state index >= 15 is 0 Å². The van der Waals surface area contributed by atoms with E-state index in [9.17, 15) is 4.79 Å². The van der Waals surface area contributed by atoms with Crippen LogP contribution in [0.2, 0.25) is 0 Å². The van der Waals surface area contributed by atoms with Gasteiger partial charge in [0.25, 0.3) is 0 Å². The first-order valence-electron chi connectivity index (χ1n) is 2.68. The lowest BCUT2D eigenvalue weighted by molar-refractivity contribution is -0.131. The number of rotatable bonds is 2. The maximum atomic E-state index is 10.2. The van der Waals surface area contributed by atoms with Gasteiger partial charge in [-0.1, -0.05) is 12.5 Å². The van der Waals surface area contributed by atoms with Gasteiger partial charge in [0.15, 0.2) is 0 Å². The highest BCUT2D eigenvalue weighted by molar-refractivity contribution is 14.1. The molecule has 3 heteroatoms. The van der Waals surface area contributed by atoms with Crippen LogP contribution in [0.25, 0.3) is 0 Å². The van der Waals surface area contributed by atoms with Crippen LogP contribution in [0.3, 0.4) is 0 Å². The van der Waals surface area contributed by atoms with Gasteiger partial charge in [-0.25, -0.2) is 4.79 Å². The van der Waals surface area contributed by atoms with Crippen molar-refractivity contribution in [2.45, 2.75) is 20.3 Å². The Kier molecular flexibility index (Phi) is 3.84. The number of carboxylic acids is 1. The van der Waals surface area contributed by atoms with E-state index in [0.29, 0.717) is 3.58 Å². The number of carboxylic acid groups (broad SMARTS) is 1. The summed E-state index contributed by atoms with van der Waals surface area (Å²) in [5, 5.41) is 8.42. The molecule has 0 fully saturated rings. The monoisotopic (exact) mass is 240 g/mol. The van der Waals surface area contributed by atoms with E-state index in [0.717, 1.165) is 12.0 Å². The number of allylic oxidation sites excluding steroid dienone is 1. The van der Waals surface area contributed by atoms with Crippen molar-refractivity contribution >= 4 is 28.6 Å². The average molecular weight is 240 g/mol. The first-order valence-corrected chi connectivity index (χ1v) is 3.76. The molecule has 2 nitrogen and oxygen atoms in total. The Morgan fingerprint density at radius 2 is 2.11 bits per heavy atom. The zero-order valence-corrected chi connectivity index (χ0v) is 7.60. The first-order chi connectivity index (χ1) is 4.09. The van der Waals surface area contributed by atoms with Crippen LogP contribution >= 0.6 is 22.6 Å². The predicted octanol–water partition coefficient (Wildman–Crippen LogP) is 2.19. The lowest BCUT2D eigenvalue weighted by atomic mass is 10.2. The number of halogens is 1. The lowest BCUT2D eigenvalue weighted by Crippen LogP contribution is -1.95. The van der Waals surface area contributed by atoms with Crippen molar-refractivity contribution < 1.29 is 9.90 Å². The minimum atomic E-state index is -0.824. The quantitative estimate of drug-likeness (QED) is 0.593. The summed E-state index contributed by atoms with van der Waals surface area (Å²) in [5.74, 6) is -0.824. The minimum absolute atomic E-state index is 0.440. The highest BCUT2D eigenvalue weighted by Gasteiger charge is 2.03. The molecule has 0 amide bonds. The largest absolute Gasteiger partial charge is 0.477 e. The Balaban J connectivity index is 4.28. The van der Waals surface area contributed by atoms with Gasteiger partial charge in [-0.15, -0.1) is 0 Å². The van der Waals surface area contributed by atoms with E-state index in [2.05, 4.69) is 0 Å². The number of aliphatic carboxylic acids is 1. The summed E-state index contributed by atoms with van der Waals surface area (Å²) in [4.78, 5) is 10.2. The van der Waals surface area contributed by atoms with Gasteiger partial charge in [0.2, 0.25) is 0 Å². The molecule has 0 aromatic heterocycles. The second kappa shape index (κ2) is 3.87. The van der Waals surface area contributed by atoms with Gasteiger partial charge in [-0.2, -0.15) is 0 Å². The zero-order valence-electron chi connectivity index (χ0n) is 5.44. The van der Waals surface area contributed by atoms with E-state index < -0.39 is 5.97 Å². The van der Waals surface area contributed by atoms with Crippen molar-refractivity contribution in [2.24, 2.45) is 0 Å². The van der Waals surface area contributed by atoms with Crippen LogP contribution in [0.1, 0.15) is 20.3 Å². The summed E-state index contributed by atoms with van der Waals surface area (Å²) in [5.41, 5.74) is 0.933. The van der Waals surface area contributed by atoms with E-state index in [-0.39, 0.29) is 0 Å². The molecule has 0 saturated carbocycles. The molecule has 0 aromatic rings. The molecule has 0 aliphatic carbocycles. The van der Waals surface area contributed by atoms with Gasteiger partial charge in [-0.05, 0) is 35.9 Å². The molecular weight excluding hydrogens is 231 g/mol. The van der Waals surface area contributed by atoms with Crippen molar-refractivity contribution in [3.63, 3.8) is 0 Å². The number of hydrogen-bond acceptors (Lipinski definition) is 1. The molecule has 0 aliphatic heterocycles. The second-order valence-corrected chi connectivity index (χ2v) is 2.83. The zero-order chi connectivity index (χ0) is 7.44. The molecule has 52 valence electrons. The first kappa shape index (κ1) is 8.94. The molecular formula is C6H9IO2. The highest BCUT2D eigenvalue weighted by Crippen LogP contribution is 2.14. The Labute approximate surface area is 68.1 Å². The average Bonchev–Trinajstić information content (AvgIpc) is 1.84. The lowest BCUT2D eigenvalue weighted by Gasteiger charge is -1.95. The van der Waals surface area contributed by atoms with Gasteiger partial charge in [0.05, 0.1) is 3.58 Å². The van der Waals surface area contributed by atoms with Crippen LogP contribution in [0, 0.1) is 0 Å². The van der Waals surface area contributed by atoms with Crippen LogP contribution in [0.5, 0.6) is 0 Å². The third kappa shape index (κ3) is 2.84. The molecule has 0 saturated heterocycles. The molecule has 0 atom stereocenters. The van der Waals surface area contributed by atoms with E-state index in [1.54, 1.807) is 0 Å². The summed E-state index contributed by atoms with van der Waals surface area (Å²) in [6.45, 7) is 3.77. The van der Waals surface area contributed by atoms with Crippen LogP contribution < -0.4 is 0 Å². The number of hydrogen-bond donors (Lipinski definition) is 1. The number of carbonyl (C=O) groups is 1. The molecule has 1 N–H and O–H groups in total. The maximum Gasteiger partial charge on any atom is 0.341 e. The Morgan fingerprint density at radius 3 is 2.22 bits per heavy atom. The summed E-state index contributed by atoms with van der Waals surface area (Å²) in [6, 6.07) is 0. The minimum Gasteiger partial charge on any atom is -0.477 e. The van der Waals surface area contributed by atoms with Crippen LogP contribution in [-0.2, 0) is 4.79 Å². The topological polar surface area (TPSA) is 37.3 Å². The molecule has 0 heterocycles. The van der Waals surface area contributed by atoms with Crippen molar-refractivity contribution in [2.75, 3.05) is 0 Å². The molecule has 0 radical (unpaired) electrons. The van der Waals surface area contributed by atoms with Crippen molar-refractivity contribution in [3.05, 3.63) is 9.15 Å². The third-order valence-electron chi connectivity index (χ3n) is 1.09. The highest BCUT2D eigenvalue weighted by atomic mass is 127. The Hall–Kier alpha value is -0.0600. The molecule has 0 bridgehead atoms. The van der Waals surface area contributed by atoms with E-state index in [1.165, 1.54) is 0 Å². The molecule has 0 rings (SSSR count).